The van der Waals surface area contributed by atoms with Crippen LogP contribution in [0.4, 0.5) is 5.69 Å². The fourth-order valence-corrected chi connectivity index (χ4v) is 5.75. The zero-order valence-corrected chi connectivity index (χ0v) is 21.0. The molecule has 5 nitrogen and oxygen atoms in total. The number of carbonyl (C=O) groups is 2. The Hall–Kier alpha value is -3.40. The molecular weight excluding hydrogens is 528 g/mol. The average Bonchev–Trinajstić information content (AvgIpc) is 3.20. The molecule has 3 aromatic carbocycles. The smallest absolute Gasteiger partial charge is 0.329 e. The Kier molecular flexibility index (Phi) is 6.00. The molecule has 0 spiro atoms. The van der Waals surface area contributed by atoms with Crippen LogP contribution in [0.15, 0.2) is 83.3 Å². The van der Waals surface area contributed by atoms with Crippen molar-refractivity contribution < 1.29 is 14.3 Å². The van der Waals surface area contributed by atoms with E-state index in [1.54, 1.807) is 24.3 Å². The first-order valence-electron chi connectivity index (χ1n) is 11.0. The lowest BCUT2D eigenvalue weighted by Crippen LogP contribution is -2.46. The minimum Gasteiger partial charge on any atom is -0.468 e. The lowest BCUT2D eigenvalue weighted by molar-refractivity contribution is -0.150. The van der Waals surface area contributed by atoms with Crippen molar-refractivity contribution in [2.75, 3.05) is 12.0 Å². The number of hydrogen-bond acceptors (Lipinski definition) is 5. The molecular formula is C28H20BrClN2O3. The largest absolute Gasteiger partial charge is 0.468 e. The Morgan fingerprint density at radius 1 is 1.06 bits per heavy atom. The lowest BCUT2D eigenvalue weighted by atomic mass is 9.68. The van der Waals surface area contributed by atoms with Crippen LogP contribution in [0.5, 0.6) is 0 Å². The number of methoxy groups -OCH3 is 1. The molecule has 0 aliphatic carbocycles. The van der Waals surface area contributed by atoms with Gasteiger partial charge in [-0.25, -0.2) is 0 Å². The van der Waals surface area contributed by atoms with Crippen molar-refractivity contribution in [1.82, 2.24) is 0 Å². The molecule has 0 N–H and O–H groups in total. The summed E-state index contributed by atoms with van der Waals surface area (Å²) in [6.45, 7) is 0. The van der Waals surface area contributed by atoms with Crippen molar-refractivity contribution in [2.24, 2.45) is 5.41 Å². The Labute approximate surface area is 216 Å². The van der Waals surface area contributed by atoms with Gasteiger partial charge in [0.15, 0.2) is 11.2 Å². The number of ketones is 1. The standard InChI is InChI=1S/C28H20BrClN2O3/c1-35-27(34)28(16-31)23-15-10-17-4-2-3-5-22(17)32(23)25(24(28)18-6-11-20(29)12-7-18)26(33)19-8-13-21(30)14-9-19/h2-15,23-25H,1H3. The molecule has 5 rings (SSSR count). The van der Waals surface area contributed by atoms with E-state index in [1.807, 2.05) is 65.6 Å². The van der Waals surface area contributed by atoms with Crippen LogP contribution < -0.4 is 4.90 Å². The van der Waals surface area contributed by atoms with Crippen molar-refractivity contribution in [1.29, 1.82) is 5.26 Å². The van der Waals surface area contributed by atoms with E-state index in [4.69, 9.17) is 16.3 Å². The summed E-state index contributed by atoms with van der Waals surface area (Å²) in [5, 5.41) is 11.2. The van der Waals surface area contributed by atoms with Crippen LogP contribution >= 0.6 is 27.5 Å². The zero-order chi connectivity index (χ0) is 24.7. The normalized spacial score (nSPS) is 24.3. The summed E-state index contributed by atoms with van der Waals surface area (Å²) in [6, 6.07) is 22.5. The lowest BCUT2D eigenvalue weighted by Gasteiger charge is -2.36. The molecule has 1 saturated heterocycles. The molecule has 2 aliphatic heterocycles. The number of esters is 1. The van der Waals surface area contributed by atoms with Crippen LogP contribution in [0.2, 0.25) is 5.02 Å². The molecule has 1 fully saturated rings. The second-order valence-corrected chi connectivity index (χ2v) is 9.94. The van der Waals surface area contributed by atoms with Gasteiger partial charge in [-0.1, -0.05) is 70.0 Å². The van der Waals surface area contributed by atoms with Gasteiger partial charge < -0.3 is 9.64 Å². The minimum absolute atomic E-state index is 0.203. The highest BCUT2D eigenvalue weighted by atomic mass is 79.9. The summed E-state index contributed by atoms with van der Waals surface area (Å²) in [6.07, 6.45) is 3.74. The number of carbonyl (C=O) groups excluding carboxylic acids is 2. The van der Waals surface area contributed by atoms with E-state index in [0.29, 0.717) is 16.1 Å². The van der Waals surface area contributed by atoms with Gasteiger partial charge in [0, 0.05) is 26.7 Å². The fraction of sp³-hybridized carbons (Fsp3) is 0.179. The minimum atomic E-state index is -1.65. The number of anilines is 1. The first-order valence-corrected chi connectivity index (χ1v) is 12.2. The average molecular weight is 548 g/mol. The van der Waals surface area contributed by atoms with Crippen molar-refractivity contribution >= 4 is 51.0 Å². The molecule has 0 saturated carbocycles. The maximum absolute atomic E-state index is 14.2. The summed E-state index contributed by atoms with van der Waals surface area (Å²) in [4.78, 5) is 29.6. The highest BCUT2D eigenvalue weighted by Gasteiger charge is 2.67. The molecule has 174 valence electrons. The SMILES string of the molecule is COC(=O)C1(C#N)C(c2ccc(Br)cc2)C(C(=O)c2ccc(Cl)cc2)N2c3ccccc3C=CC21. The Balaban J connectivity index is 1.81. The number of para-hydroxylation sites is 1. The van der Waals surface area contributed by atoms with E-state index in [9.17, 15) is 14.9 Å². The van der Waals surface area contributed by atoms with Gasteiger partial charge in [-0.3, -0.25) is 9.59 Å². The molecule has 0 amide bonds. The Bertz CT molecular complexity index is 1380. The highest BCUT2D eigenvalue weighted by Crippen LogP contribution is 2.56. The number of benzene rings is 3. The van der Waals surface area contributed by atoms with Gasteiger partial charge in [-0.2, -0.15) is 5.26 Å². The summed E-state index contributed by atoms with van der Waals surface area (Å²) >= 11 is 9.54. The van der Waals surface area contributed by atoms with Crippen LogP contribution in [-0.2, 0) is 9.53 Å². The molecule has 0 radical (unpaired) electrons. The van der Waals surface area contributed by atoms with E-state index in [-0.39, 0.29) is 5.78 Å². The summed E-state index contributed by atoms with van der Waals surface area (Å²) < 4.78 is 6.08. The maximum Gasteiger partial charge on any atom is 0.329 e. The molecule has 35 heavy (non-hydrogen) atoms. The van der Waals surface area contributed by atoms with Crippen LogP contribution in [-0.4, -0.2) is 30.9 Å². The number of halogens is 2. The number of hydrogen-bond donors (Lipinski definition) is 0. The summed E-state index contributed by atoms with van der Waals surface area (Å²) in [5.41, 5.74) is 1.19. The van der Waals surface area contributed by atoms with Crippen molar-refractivity contribution in [3.63, 3.8) is 0 Å². The van der Waals surface area contributed by atoms with E-state index in [0.717, 1.165) is 15.7 Å². The molecule has 0 aromatic heterocycles. The highest BCUT2D eigenvalue weighted by molar-refractivity contribution is 9.10. The molecule has 0 bridgehead atoms. The first kappa shape index (κ1) is 23.3. The topological polar surface area (TPSA) is 70.4 Å². The predicted molar refractivity (Wildman–Crippen MR) is 138 cm³/mol. The van der Waals surface area contributed by atoms with Crippen LogP contribution in [0.25, 0.3) is 6.08 Å². The second kappa shape index (κ2) is 8.99. The zero-order valence-electron chi connectivity index (χ0n) is 18.7. The van der Waals surface area contributed by atoms with Crippen LogP contribution in [0.3, 0.4) is 0 Å². The van der Waals surface area contributed by atoms with E-state index in [1.165, 1.54) is 7.11 Å². The van der Waals surface area contributed by atoms with E-state index in [2.05, 4.69) is 22.0 Å². The van der Waals surface area contributed by atoms with Gasteiger partial charge in [0.1, 0.15) is 6.04 Å². The predicted octanol–water partition coefficient (Wildman–Crippen LogP) is 6.04. The second-order valence-electron chi connectivity index (χ2n) is 8.59. The Morgan fingerprint density at radius 2 is 1.74 bits per heavy atom. The monoisotopic (exact) mass is 546 g/mol. The van der Waals surface area contributed by atoms with E-state index < -0.39 is 29.4 Å². The molecule has 4 unspecified atom stereocenters. The van der Waals surface area contributed by atoms with Gasteiger partial charge >= 0.3 is 5.97 Å². The quantitative estimate of drug-likeness (QED) is 0.294. The van der Waals surface area contributed by atoms with Gasteiger partial charge in [-0.05, 0) is 53.6 Å². The number of ether oxygens (including phenoxy) is 1. The molecule has 2 heterocycles. The molecule has 3 aromatic rings. The number of rotatable bonds is 4. The van der Waals surface area contributed by atoms with Crippen molar-refractivity contribution in [2.45, 2.75) is 18.0 Å². The maximum atomic E-state index is 14.2. The van der Waals surface area contributed by atoms with Crippen molar-refractivity contribution in [3.8, 4) is 6.07 Å². The fourth-order valence-electron chi connectivity index (χ4n) is 5.36. The number of nitrogens with zero attached hydrogens (tertiary/aromatic N) is 2. The van der Waals surface area contributed by atoms with Crippen LogP contribution in [0, 0.1) is 16.7 Å². The molecule has 4 atom stereocenters. The third-order valence-electron chi connectivity index (χ3n) is 6.88. The number of fused-ring (bicyclic) bond motifs is 3. The van der Waals surface area contributed by atoms with Gasteiger partial charge in [0.05, 0.1) is 19.2 Å². The number of nitriles is 1. The van der Waals surface area contributed by atoms with Gasteiger partial charge in [0.2, 0.25) is 0 Å². The number of Topliss-reactive ketones (excluding diaryl/α,β-unsaturated/α-hetero) is 1. The first-order chi connectivity index (χ1) is 16.9. The molecule has 2 aliphatic rings. The third-order valence-corrected chi connectivity index (χ3v) is 7.66. The summed E-state index contributed by atoms with van der Waals surface area (Å²) in [7, 11) is 1.28. The summed E-state index contributed by atoms with van der Waals surface area (Å²) in [5.74, 6) is -1.67. The molecule has 7 heteroatoms. The van der Waals surface area contributed by atoms with Gasteiger partial charge in [-0.15, -0.1) is 0 Å². The van der Waals surface area contributed by atoms with Gasteiger partial charge in [0.25, 0.3) is 0 Å². The van der Waals surface area contributed by atoms with E-state index >= 15 is 0 Å². The van der Waals surface area contributed by atoms with Crippen molar-refractivity contribution in [3.05, 3.63) is 105 Å². The van der Waals surface area contributed by atoms with Crippen LogP contribution in [0.1, 0.15) is 27.4 Å². The Morgan fingerprint density at radius 3 is 2.40 bits per heavy atom. The third kappa shape index (κ3) is 3.58.